The summed E-state index contributed by atoms with van der Waals surface area (Å²) in [6.45, 7) is 2.53. The van der Waals surface area contributed by atoms with Crippen LogP contribution in [-0.4, -0.2) is 36.5 Å². The lowest BCUT2D eigenvalue weighted by Gasteiger charge is -2.15. The van der Waals surface area contributed by atoms with Gasteiger partial charge in [0.15, 0.2) is 0 Å². The average Bonchev–Trinajstić information content (AvgIpc) is 2.77. The number of hydrogen-bond acceptors (Lipinski definition) is 3. The molecule has 0 radical (unpaired) electrons. The number of nitrogens with one attached hydrogen (secondary N) is 1. The number of carbonyl (C=O) groups excluding carboxylic acids is 1. The Morgan fingerprint density at radius 2 is 2.11 bits per heavy atom. The lowest BCUT2D eigenvalue weighted by molar-refractivity contribution is -0.116. The topological polar surface area (TPSA) is 58.4 Å². The van der Waals surface area contributed by atoms with Gasteiger partial charge >= 0.3 is 0 Å². The van der Waals surface area contributed by atoms with E-state index in [1.807, 2.05) is 0 Å². The predicted molar refractivity (Wildman–Crippen MR) is 78.7 cm³/mol. The van der Waals surface area contributed by atoms with E-state index >= 15 is 0 Å². The molecule has 6 heteroatoms. The minimum atomic E-state index is -0.0875. The summed E-state index contributed by atoms with van der Waals surface area (Å²) in [7, 11) is 0. The number of anilines is 1. The maximum absolute atomic E-state index is 11.9. The first-order valence-corrected chi connectivity index (χ1v) is 7.03. The van der Waals surface area contributed by atoms with Crippen LogP contribution in [0.3, 0.4) is 0 Å². The third-order valence-corrected chi connectivity index (χ3v) is 3.82. The van der Waals surface area contributed by atoms with Gasteiger partial charge in [0.05, 0.1) is 15.7 Å². The van der Waals surface area contributed by atoms with Crippen LogP contribution in [0.4, 0.5) is 5.69 Å². The van der Waals surface area contributed by atoms with Gasteiger partial charge in [-0.1, -0.05) is 29.3 Å². The molecule has 1 aliphatic rings. The van der Waals surface area contributed by atoms with Crippen LogP contribution in [0.1, 0.15) is 12.8 Å². The molecule has 0 spiro atoms. The van der Waals surface area contributed by atoms with Gasteiger partial charge in [0.1, 0.15) is 0 Å². The van der Waals surface area contributed by atoms with Crippen molar-refractivity contribution in [3.63, 3.8) is 0 Å². The van der Waals surface area contributed by atoms with Crippen molar-refractivity contribution in [3.8, 4) is 0 Å². The van der Waals surface area contributed by atoms with Crippen LogP contribution in [0, 0.1) is 0 Å². The van der Waals surface area contributed by atoms with Crippen LogP contribution in [0.5, 0.6) is 0 Å². The second kappa shape index (κ2) is 6.57. The molecule has 1 aromatic rings. The van der Waals surface area contributed by atoms with E-state index in [2.05, 4.69) is 10.2 Å². The fourth-order valence-corrected chi connectivity index (χ4v) is 2.64. The number of rotatable bonds is 4. The highest BCUT2D eigenvalue weighted by atomic mass is 35.5. The molecule has 0 saturated carbocycles. The summed E-state index contributed by atoms with van der Waals surface area (Å²) >= 11 is 12.0. The molecule has 104 valence electrons. The average molecular weight is 302 g/mol. The smallest absolute Gasteiger partial charge is 0.225 e. The number of amides is 1. The summed E-state index contributed by atoms with van der Waals surface area (Å²) in [4.78, 5) is 14.1. The molecule has 0 aromatic heterocycles. The fourth-order valence-electron chi connectivity index (χ4n) is 2.14. The molecule has 1 atom stereocenters. The Bertz CT molecular complexity index is 447. The molecule has 0 aliphatic carbocycles. The number of para-hydroxylation sites is 1. The van der Waals surface area contributed by atoms with Crippen molar-refractivity contribution in [2.24, 2.45) is 5.73 Å². The van der Waals surface area contributed by atoms with E-state index in [4.69, 9.17) is 28.9 Å². The van der Waals surface area contributed by atoms with Gasteiger partial charge < -0.3 is 16.0 Å². The number of halogens is 2. The van der Waals surface area contributed by atoms with E-state index < -0.39 is 0 Å². The van der Waals surface area contributed by atoms with Crippen LogP contribution in [-0.2, 0) is 4.79 Å². The van der Waals surface area contributed by atoms with Gasteiger partial charge in [-0.15, -0.1) is 0 Å². The lowest BCUT2D eigenvalue weighted by Crippen LogP contribution is -2.29. The summed E-state index contributed by atoms with van der Waals surface area (Å²) < 4.78 is 0. The van der Waals surface area contributed by atoms with Crippen molar-refractivity contribution in [2.45, 2.75) is 18.9 Å². The van der Waals surface area contributed by atoms with E-state index in [-0.39, 0.29) is 11.9 Å². The number of nitrogens with zero attached hydrogens (tertiary/aromatic N) is 1. The third-order valence-electron chi connectivity index (χ3n) is 3.19. The maximum atomic E-state index is 11.9. The van der Waals surface area contributed by atoms with Gasteiger partial charge in [0, 0.05) is 25.6 Å². The SMILES string of the molecule is N[C@@H]1CCN(CCC(=O)Nc2c(Cl)cccc2Cl)C1. The van der Waals surface area contributed by atoms with Crippen LogP contribution in [0.2, 0.25) is 10.0 Å². The van der Waals surface area contributed by atoms with Crippen molar-refractivity contribution < 1.29 is 4.79 Å². The van der Waals surface area contributed by atoms with Crippen molar-refractivity contribution in [1.29, 1.82) is 0 Å². The van der Waals surface area contributed by atoms with Crippen molar-refractivity contribution >= 4 is 34.8 Å². The monoisotopic (exact) mass is 301 g/mol. The molecule has 1 aliphatic heterocycles. The van der Waals surface area contributed by atoms with Gasteiger partial charge in [-0.3, -0.25) is 4.79 Å². The fraction of sp³-hybridized carbons (Fsp3) is 0.462. The van der Waals surface area contributed by atoms with Crippen LogP contribution < -0.4 is 11.1 Å². The molecule has 19 heavy (non-hydrogen) atoms. The zero-order valence-corrected chi connectivity index (χ0v) is 12.0. The minimum absolute atomic E-state index is 0.0875. The number of benzene rings is 1. The van der Waals surface area contributed by atoms with Crippen molar-refractivity contribution in [2.75, 3.05) is 25.0 Å². The van der Waals surface area contributed by atoms with Crippen molar-refractivity contribution in [3.05, 3.63) is 28.2 Å². The Labute approximate surface area is 122 Å². The lowest BCUT2D eigenvalue weighted by atomic mass is 10.3. The molecule has 4 nitrogen and oxygen atoms in total. The molecule has 0 unspecified atom stereocenters. The van der Waals surface area contributed by atoms with Crippen molar-refractivity contribution in [1.82, 2.24) is 4.90 Å². The summed E-state index contributed by atoms with van der Waals surface area (Å²) in [6, 6.07) is 5.37. The van der Waals surface area contributed by atoms with E-state index in [1.165, 1.54) is 0 Å². The quantitative estimate of drug-likeness (QED) is 0.897. The predicted octanol–water partition coefficient (Wildman–Crippen LogP) is 2.36. The molecule has 0 bridgehead atoms. The second-order valence-corrected chi connectivity index (χ2v) is 5.56. The first-order chi connectivity index (χ1) is 9.06. The zero-order chi connectivity index (χ0) is 13.8. The molecule has 3 N–H and O–H groups in total. The molecule has 2 rings (SSSR count). The van der Waals surface area contributed by atoms with Gasteiger partial charge in [0.25, 0.3) is 0 Å². The Morgan fingerprint density at radius 3 is 2.68 bits per heavy atom. The summed E-state index contributed by atoms with van der Waals surface area (Å²) in [5.74, 6) is -0.0875. The molecule has 1 fully saturated rings. The maximum Gasteiger partial charge on any atom is 0.225 e. The highest BCUT2D eigenvalue weighted by Crippen LogP contribution is 2.29. The van der Waals surface area contributed by atoms with E-state index in [1.54, 1.807) is 18.2 Å². The van der Waals surface area contributed by atoms with Crippen LogP contribution in [0.15, 0.2) is 18.2 Å². The van der Waals surface area contributed by atoms with Gasteiger partial charge in [-0.2, -0.15) is 0 Å². The zero-order valence-electron chi connectivity index (χ0n) is 10.5. The molecule has 1 amide bonds. The molecular weight excluding hydrogens is 285 g/mol. The standard InChI is InChI=1S/C13H17Cl2N3O/c14-10-2-1-3-11(15)13(10)17-12(19)5-7-18-6-4-9(16)8-18/h1-3,9H,4-8,16H2,(H,17,19)/t9-/m1/s1. The van der Waals surface area contributed by atoms with Gasteiger partial charge in [-0.25, -0.2) is 0 Å². The Hall–Kier alpha value is -0.810. The summed E-state index contributed by atoms with van der Waals surface area (Å²) in [6.07, 6.45) is 1.41. The number of hydrogen-bond donors (Lipinski definition) is 2. The highest BCUT2D eigenvalue weighted by molar-refractivity contribution is 6.39. The number of nitrogens with two attached hydrogens (primary N) is 1. The largest absolute Gasteiger partial charge is 0.326 e. The van der Waals surface area contributed by atoms with Gasteiger partial charge in [0.2, 0.25) is 5.91 Å². The Balaban J connectivity index is 1.84. The highest BCUT2D eigenvalue weighted by Gasteiger charge is 2.19. The second-order valence-electron chi connectivity index (χ2n) is 4.74. The van der Waals surface area contributed by atoms with E-state index in [9.17, 15) is 4.79 Å². The molecular formula is C13H17Cl2N3O. The van der Waals surface area contributed by atoms with Gasteiger partial charge in [-0.05, 0) is 25.1 Å². The first-order valence-electron chi connectivity index (χ1n) is 6.28. The first kappa shape index (κ1) is 14.6. The molecule has 1 heterocycles. The van der Waals surface area contributed by atoms with E-state index in [0.29, 0.717) is 28.7 Å². The third kappa shape index (κ3) is 4.08. The van der Waals surface area contributed by atoms with E-state index in [0.717, 1.165) is 19.5 Å². The minimum Gasteiger partial charge on any atom is -0.326 e. The summed E-state index contributed by atoms with van der Waals surface area (Å²) in [5, 5.41) is 3.65. The molecule has 1 aromatic carbocycles. The van der Waals surface area contributed by atoms with Crippen LogP contribution >= 0.6 is 23.2 Å². The Kier molecular flexibility index (Phi) is 5.05. The number of likely N-dealkylation sites (tertiary alicyclic amines) is 1. The van der Waals surface area contributed by atoms with Crippen LogP contribution in [0.25, 0.3) is 0 Å². The molecule has 1 saturated heterocycles. The Morgan fingerprint density at radius 1 is 1.42 bits per heavy atom. The normalized spacial score (nSPS) is 19.6. The summed E-state index contributed by atoms with van der Waals surface area (Å²) in [5.41, 5.74) is 6.30. The number of carbonyl (C=O) groups is 1.